The van der Waals surface area contributed by atoms with Crippen molar-refractivity contribution < 1.29 is 4.79 Å². The first-order valence-electron chi connectivity index (χ1n) is 11.5. The van der Waals surface area contributed by atoms with Gasteiger partial charge in [-0.25, -0.2) is 0 Å². The van der Waals surface area contributed by atoms with E-state index in [-0.39, 0.29) is 23.4 Å². The zero-order valence-electron chi connectivity index (χ0n) is 19.7. The molecule has 0 saturated carbocycles. The molecule has 32 heavy (non-hydrogen) atoms. The van der Waals surface area contributed by atoms with E-state index < -0.39 is 5.91 Å². The first-order valence-corrected chi connectivity index (χ1v) is 11.5. The lowest BCUT2D eigenvalue weighted by molar-refractivity contribution is -0.115. The Morgan fingerprint density at radius 3 is 2.72 bits per heavy atom. The summed E-state index contributed by atoms with van der Waals surface area (Å²) in [5.74, 6) is -0.649. The number of aromatic amines is 1. The molecule has 1 atom stereocenters. The third-order valence-electron chi connectivity index (χ3n) is 6.49. The van der Waals surface area contributed by atoms with Crippen molar-refractivity contribution in [1.82, 2.24) is 25.4 Å². The van der Waals surface area contributed by atoms with Gasteiger partial charge in [0.15, 0.2) is 11.8 Å². The highest BCUT2D eigenvalue weighted by Crippen LogP contribution is 2.21. The molecule has 1 aromatic heterocycles. The Bertz CT molecular complexity index is 964. The van der Waals surface area contributed by atoms with Gasteiger partial charge in [-0.15, -0.1) is 0 Å². The van der Waals surface area contributed by atoms with Crippen LogP contribution in [0.5, 0.6) is 0 Å². The van der Waals surface area contributed by atoms with E-state index in [0.29, 0.717) is 19.5 Å². The van der Waals surface area contributed by atoms with E-state index in [1.165, 1.54) is 0 Å². The highest BCUT2D eigenvalue weighted by Gasteiger charge is 2.32. The first kappa shape index (κ1) is 23.8. The van der Waals surface area contributed by atoms with Crippen molar-refractivity contribution in [3.05, 3.63) is 36.0 Å². The van der Waals surface area contributed by atoms with Crippen molar-refractivity contribution in [2.24, 2.45) is 0 Å². The number of likely N-dealkylation sites (N-methyl/N-ethyl adjacent to an activating group) is 1. The fourth-order valence-electron chi connectivity index (χ4n) is 4.18. The summed E-state index contributed by atoms with van der Waals surface area (Å²) in [6.07, 6.45) is 5.59. The van der Waals surface area contributed by atoms with Gasteiger partial charge in [-0.05, 0) is 45.4 Å². The monoisotopic (exact) mass is 439 g/mol. The number of fused-ring (bicyclic) bond motifs is 1. The van der Waals surface area contributed by atoms with Gasteiger partial charge in [0.2, 0.25) is 0 Å². The molecular weight excluding hydrogens is 402 g/mol. The minimum absolute atomic E-state index is 0.0682. The number of carbonyl (C=O) groups is 1. The van der Waals surface area contributed by atoms with Crippen molar-refractivity contribution in [3.63, 3.8) is 0 Å². The maximum atomic E-state index is 12.8. The summed E-state index contributed by atoms with van der Waals surface area (Å²) in [4.78, 5) is 20.2. The standard InChI is InChI=1S/C24H37N7O/c1-5-6-9-18(14-17-15-27-20-11-8-7-10-19(17)20)28-22(32)21(25)29-23(26)31-13-12-30(4)24(2,3)16-31/h7-8,10-11,15,18,27H,5-6,9,12-14,16H2,1-4H3,(H,28,32)(H3,25,26,29). The van der Waals surface area contributed by atoms with Gasteiger partial charge in [-0.3, -0.25) is 20.5 Å². The van der Waals surface area contributed by atoms with Crippen LogP contribution in [0, 0.1) is 10.8 Å². The largest absolute Gasteiger partial charge is 0.361 e. The van der Waals surface area contributed by atoms with E-state index in [0.717, 1.165) is 42.3 Å². The van der Waals surface area contributed by atoms with E-state index in [2.05, 4.69) is 54.4 Å². The number of carbonyl (C=O) groups excluding carboxylic acids is 1. The summed E-state index contributed by atoms with van der Waals surface area (Å²) in [5, 5.41) is 23.5. The van der Waals surface area contributed by atoms with Crippen molar-refractivity contribution in [3.8, 4) is 0 Å². The Labute approximate surface area is 190 Å². The molecule has 1 aliphatic rings. The lowest BCUT2D eigenvalue weighted by atomic mass is 10.00. The predicted octanol–water partition coefficient (Wildman–Crippen LogP) is 2.91. The van der Waals surface area contributed by atoms with Crippen molar-refractivity contribution in [2.45, 2.75) is 58.0 Å². The molecule has 5 N–H and O–H groups in total. The molecule has 8 heteroatoms. The Morgan fingerprint density at radius 2 is 2.00 bits per heavy atom. The number of unbranched alkanes of at least 4 members (excludes halogenated alkanes) is 1. The third-order valence-corrected chi connectivity index (χ3v) is 6.49. The zero-order valence-corrected chi connectivity index (χ0v) is 19.7. The number of hydrogen-bond donors (Lipinski definition) is 5. The van der Waals surface area contributed by atoms with Crippen LogP contribution >= 0.6 is 0 Å². The Kier molecular flexibility index (Phi) is 7.56. The van der Waals surface area contributed by atoms with Crippen LogP contribution in [0.4, 0.5) is 0 Å². The van der Waals surface area contributed by atoms with Crippen LogP contribution in [0.2, 0.25) is 0 Å². The molecular formula is C24H37N7O. The number of rotatable bonds is 6. The van der Waals surface area contributed by atoms with Gasteiger partial charge >= 0.3 is 0 Å². The second-order valence-electron chi connectivity index (χ2n) is 9.38. The van der Waals surface area contributed by atoms with Gasteiger partial charge in [-0.1, -0.05) is 38.0 Å². The molecule has 1 unspecified atom stereocenters. The van der Waals surface area contributed by atoms with Crippen LogP contribution in [-0.2, 0) is 11.2 Å². The fourth-order valence-corrected chi connectivity index (χ4v) is 4.18. The summed E-state index contributed by atoms with van der Waals surface area (Å²) in [5.41, 5.74) is 2.18. The van der Waals surface area contributed by atoms with Gasteiger partial charge in [0.05, 0.1) is 0 Å². The molecule has 0 aliphatic carbocycles. The average molecular weight is 440 g/mol. The molecule has 1 amide bonds. The van der Waals surface area contributed by atoms with Gasteiger partial charge in [0.25, 0.3) is 5.91 Å². The SMILES string of the molecule is CCCCC(Cc1c[nH]c2ccccc12)NC(=O)C(=N)NC(=N)N1CCN(C)C(C)(C)C1. The smallest absolute Gasteiger partial charge is 0.286 e. The van der Waals surface area contributed by atoms with Crippen molar-refractivity contribution >= 4 is 28.6 Å². The van der Waals surface area contributed by atoms with Crippen LogP contribution < -0.4 is 10.6 Å². The number of para-hydroxylation sites is 1. The molecule has 8 nitrogen and oxygen atoms in total. The van der Waals surface area contributed by atoms with Crippen LogP contribution in [0.1, 0.15) is 45.6 Å². The zero-order chi connectivity index (χ0) is 23.3. The Morgan fingerprint density at radius 1 is 1.25 bits per heavy atom. The summed E-state index contributed by atoms with van der Waals surface area (Å²) in [7, 11) is 2.08. The quantitative estimate of drug-likeness (QED) is 0.352. The molecule has 1 saturated heterocycles. The van der Waals surface area contributed by atoms with E-state index in [1.54, 1.807) is 0 Å². The number of hydrogen-bond acceptors (Lipinski definition) is 4. The summed E-state index contributed by atoms with van der Waals surface area (Å²) in [6.45, 7) is 8.60. The Balaban J connectivity index is 1.60. The highest BCUT2D eigenvalue weighted by atomic mass is 16.2. The van der Waals surface area contributed by atoms with Gasteiger partial charge < -0.3 is 20.5 Å². The second-order valence-corrected chi connectivity index (χ2v) is 9.38. The molecule has 3 rings (SSSR count). The molecule has 2 aromatic rings. The minimum atomic E-state index is -0.468. The fraction of sp³-hybridized carbons (Fsp3) is 0.542. The van der Waals surface area contributed by atoms with E-state index in [1.807, 2.05) is 29.3 Å². The number of H-pyrrole nitrogens is 1. The van der Waals surface area contributed by atoms with Gasteiger partial charge in [0.1, 0.15) is 0 Å². The van der Waals surface area contributed by atoms with Crippen LogP contribution in [0.25, 0.3) is 10.9 Å². The number of amides is 1. The second kappa shape index (κ2) is 10.2. The van der Waals surface area contributed by atoms with E-state index in [4.69, 9.17) is 10.8 Å². The highest BCUT2D eigenvalue weighted by molar-refractivity contribution is 6.39. The molecule has 1 aromatic carbocycles. The lowest BCUT2D eigenvalue weighted by Gasteiger charge is -2.46. The minimum Gasteiger partial charge on any atom is -0.361 e. The van der Waals surface area contributed by atoms with E-state index >= 15 is 0 Å². The number of nitrogens with zero attached hydrogens (tertiary/aromatic N) is 2. The predicted molar refractivity (Wildman–Crippen MR) is 130 cm³/mol. The van der Waals surface area contributed by atoms with E-state index in [9.17, 15) is 4.79 Å². The normalized spacial score (nSPS) is 17.2. The Hall–Kier alpha value is -2.87. The van der Waals surface area contributed by atoms with Crippen LogP contribution in [0.15, 0.2) is 30.5 Å². The van der Waals surface area contributed by atoms with Crippen LogP contribution in [-0.4, -0.2) is 70.7 Å². The topological polar surface area (TPSA) is 111 Å². The molecule has 0 spiro atoms. The summed E-state index contributed by atoms with van der Waals surface area (Å²) < 4.78 is 0. The number of benzene rings is 1. The number of aromatic nitrogens is 1. The van der Waals surface area contributed by atoms with Crippen molar-refractivity contribution in [2.75, 3.05) is 26.7 Å². The van der Waals surface area contributed by atoms with Gasteiger partial charge in [0, 0.05) is 48.3 Å². The number of amidine groups is 1. The molecule has 1 fully saturated rings. The first-order chi connectivity index (χ1) is 15.2. The third kappa shape index (κ3) is 5.68. The maximum Gasteiger partial charge on any atom is 0.286 e. The maximum absolute atomic E-state index is 12.8. The number of nitrogens with one attached hydrogen (secondary N) is 5. The lowest BCUT2D eigenvalue weighted by Crippen LogP contribution is -2.61. The summed E-state index contributed by atoms with van der Waals surface area (Å²) >= 11 is 0. The molecule has 1 aliphatic heterocycles. The molecule has 0 bridgehead atoms. The molecule has 2 heterocycles. The average Bonchev–Trinajstić information content (AvgIpc) is 3.16. The van der Waals surface area contributed by atoms with Gasteiger partial charge in [-0.2, -0.15) is 0 Å². The summed E-state index contributed by atoms with van der Waals surface area (Å²) in [6, 6.07) is 8.08. The van der Waals surface area contributed by atoms with Crippen molar-refractivity contribution in [1.29, 1.82) is 10.8 Å². The molecule has 174 valence electrons. The van der Waals surface area contributed by atoms with Crippen LogP contribution in [0.3, 0.4) is 0 Å². The molecule has 0 radical (unpaired) electrons. The number of guanidine groups is 1. The number of piperazine rings is 1.